The van der Waals surface area contributed by atoms with Gasteiger partial charge in [0.15, 0.2) is 0 Å². The minimum atomic E-state index is -0.0391. The summed E-state index contributed by atoms with van der Waals surface area (Å²) in [5, 5.41) is 2.87. The summed E-state index contributed by atoms with van der Waals surface area (Å²) < 4.78 is 0. The van der Waals surface area contributed by atoms with Crippen molar-refractivity contribution in [1.29, 1.82) is 0 Å². The van der Waals surface area contributed by atoms with Crippen molar-refractivity contribution >= 4 is 5.91 Å². The quantitative estimate of drug-likeness (QED) is 0.709. The lowest BCUT2D eigenvalue weighted by Gasteiger charge is -2.08. The highest BCUT2D eigenvalue weighted by atomic mass is 16.1. The second-order valence-corrected chi connectivity index (χ2v) is 3.97. The summed E-state index contributed by atoms with van der Waals surface area (Å²) in [7, 11) is 0. The van der Waals surface area contributed by atoms with Crippen LogP contribution in [0.15, 0.2) is 24.5 Å². The van der Waals surface area contributed by atoms with Gasteiger partial charge in [0, 0.05) is 24.5 Å². The van der Waals surface area contributed by atoms with E-state index in [1.54, 1.807) is 24.5 Å². The van der Waals surface area contributed by atoms with E-state index in [1.807, 2.05) is 0 Å². The molecule has 0 aliphatic rings. The Kier molecular flexibility index (Phi) is 5.50. The first-order valence-corrected chi connectivity index (χ1v) is 5.62. The van der Waals surface area contributed by atoms with Gasteiger partial charge < -0.3 is 11.1 Å². The van der Waals surface area contributed by atoms with Crippen LogP contribution >= 0.6 is 0 Å². The van der Waals surface area contributed by atoms with E-state index in [0.717, 1.165) is 12.8 Å². The molecule has 16 heavy (non-hydrogen) atoms. The van der Waals surface area contributed by atoms with Crippen molar-refractivity contribution in [3.8, 4) is 0 Å². The van der Waals surface area contributed by atoms with Crippen LogP contribution in [-0.2, 0) is 0 Å². The van der Waals surface area contributed by atoms with E-state index in [0.29, 0.717) is 24.6 Å². The fourth-order valence-electron chi connectivity index (χ4n) is 1.38. The van der Waals surface area contributed by atoms with Crippen molar-refractivity contribution in [3.05, 3.63) is 30.1 Å². The van der Waals surface area contributed by atoms with Gasteiger partial charge in [0.1, 0.15) is 0 Å². The molecule has 88 valence electrons. The SMILES string of the molecule is CC(CN)CCCNC(=O)c1ccncc1. The third-order valence-electron chi connectivity index (χ3n) is 2.50. The maximum atomic E-state index is 11.6. The number of aromatic nitrogens is 1. The Morgan fingerprint density at radius 2 is 2.19 bits per heavy atom. The molecule has 0 aliphatic heterocycles. The number of nitrogens with two attached hydrogens (primary N) is 1. The van der Waals surface area contributed by atoms with E-state index in [9.17, 15) is 4.79 Å². The lowest BCUT2D eigenvalue weighted by atomic mass is 10.1. The molecule has 1 aromatic rings. The minimum Gasteiger partial charge on any atom is -0.352 e. The van der Waals surface area contributed by atoms with E-state index in [-0.39, 0.29) is 5.91 Å². The van der Waals surface area contributed by atoms with Gasteiger partial charge in [-0.2, -0.15) is 0 Å². The van der Waals surface area contributed by atoms with Gasteiger partial charge in [-0.05, 0) is 37.4 Å². The Balaban J connectivity index is 2.21. The van der Waals surface area contributed by atoms with Gasteiger partial charge >= 0.3 is 0 Å². The van der Waals surface area contributed by atoms with Crippen LogP contribution in [0.25, 0.3) is 0 Å². The molecule has 0 saturated carbocycles. The number of hydrogen-bond acceptors (Lipinski definition) is 3. The van der Waals surface area contributed by atoms with Crippen molar-refractivity contribution in [1.82, 2.24) is 10.3 Å². The molecule has 0 aliphatic carbocycles. The topological polar surface area (TPSA) is 68.0 Å². The number of nitrogens with zero attached hydrogens (tertiary/aromatic N) is 1. The van der Waals surface area contributed by atoms with Crippen LogP contribution in [0.4, 0.5) is 0 Å². The smallest absolute Gasteiger partial charge is 0.251 e. The monoisotopic (exact) mass is 221 g/mol. The maximum Gasteiger partial charge on any atom is 0.251 e. The van der Waals surface area contributed by atoms with Gasteiger partial charge in [0.25, 0.3) is 5.91 Å². The number of nitrogens with one attached hydrogen (secondary N) is 1. The number of carbonyl (C=O) groups is 1. The van der Waals surface area contributed by atoms with Gasteiger partial charge in [-0.25, -0.2) is 0 Å². The maximum absolute atomic E-state index is 11.6. The molecule has 0 radical (unpaired) electrons. The third kappa shape index (κ3) is 4.40. The average Bonchev–Trinajstić information content (AvgIpc) is 2.35. The van der Waals surface area contributed by atoms with Crippen LogP contribution in [-0.4, -0.2) is 24.0 Å². The van der Waals surface area contributed by atoms with E-state index in [2.05, 4.69) is 17.2 Å². The Bertz CT molecular complexity index is 313. The fourth-order valence-corrected chi connectivity index (χ4v) is 1.38. The number of hydrogen-bond donors (Lipinski definition) is 2. The van der Waals surface area contributed by atoms with E-state index in [1.165, 1.54) is 0 Å². The summed E-state index contributed by atoms with van der Waals surface area (Å²) in [5.74, 6) is 0.487. The molecule has 0 saturated heterocycles. The molecule has 0 spiro atoms. The first kappa shape index (κ1) is 12.6. The Labute approximate surface area is 96.3 Å². The van der Waals surface area contributed by atoms with E-state index in [4.69, 9.17) is 5.73 Å². The number of carbonyl (C=O) groups excluding carboxylic acids is 1. The largest absolute Gasteiger partial charge is 0.352 e. The molecular formula is C12H19N3O. The zero-order valence-electron chi connectivity index (χ0n) is 9.65. The minimum absolute atomic E-state index is 0.0391. The van der Waals surface area contributed by atoms with E-state index < -0.39 is 0 Å². The molecule has 1 atom stereocenters. The molecular weight excluding hydrogens is 202 g/mol. The first-order chi connectivity index (χ1) is 7.74. The highest BCUT2D eigenvalue weighted by Gasteiger charge is 2.04. The second-order valence-electron chi connectivity index (χ2n) is 3.97. The normalized spacial score (nSPS) is 12.1. The standard InChI is InChI=1S/C12H19N3O/c1-10(9-13)3-2-6-15-12(16)11-4-7-14-8-5-11/h4-5,7-8,10H,2-3,6,9,13H2,1H3,(H,15,16). The van der Waals surface area contributed by atoms with Crippen LogP contribution in [0.2, 0.25) is 0 Å². The predicted octanol–water partition coefficient (Wildman–Crippen LogP) is 1.19. The molecule has 0 bridgehead atoms. The van der Waals surface area contributed by atoms with E-state index >= 15 is 0 Å². The fraction of sp³-hybridized carbons (Fsp3) is 0.500. The molecule has 1 rings (SSSR count). The Morgan fingerprint density at radius 3 is 2.81 bits per heavy atom. The summed E-state index contributed by atoms with van der Waals surface area (Å²) in [6, 6.07) is 3.41. The Hall–Kier alpha value is -1.42. The van der Waals surface area contributed by atoms with Crippen LogP contribution in [0, 0.1) is 5.92 Å². The highest BCUT2D eigenvalue weighted by molar-refractivity contribution is 5.93. The number of pyridine rings is 1. The lowest BCUT2D eigenvalue weighted by molar-refractivity contribution is 0.0952. The van der Waals surface area contributed by atoms with Crippen LogP contribution < -0.4 is 11.1 Å². The summed E-state index contributed by atoms with van der Waals surface area (Å²) in [6.45, 7) is 3.52. The molecule has 0 fully saturated rings. The van der Waals surface area contributed by atoms with Crippen molar-refractivity contribution < 1.29 is 4.79 Å². The Morgan fingerprint density at radius 1 is 1.50 bits per heavy atom. The van der Waals surface area contributed by atoms with Crippen molar-refractivity contribution in [2.75, 3.05) is 13.1 Å². The highest BCUT2D eigenvalue weighted by Crippen LogP contribution is 2.02. The third-order valence-corrected chi connectivity index (χ3v) is 2.50. The first-order valence-electron chi connectivity index (χ1n) is 5.62. The van der Waals surface area contributed by atoms with Crippen LogP contribution in [0.5, 0.6) is 0 Å². The lowest BCUT2D eigenvalue weighted by Crippen LogP contribution is -2.25. The molecule has 4 nitrogen and oxygen atoms in total. The van der Waals surface area contributed by atoms with Gasteiger partial charge in [-0.15, -0.1) is 0 Å². The molecule has 1 amide bonds. The summed E-state index contributed by atoms with van der Waals surface area (Å²) in [4.78, 5) is 15.5. The number of rotatable bonds is 6. The van der Waals surface area contributed by atoms with Gasteiger partial charge in [0.2, 0.25) is 0 Å². The van der Waals surface area contributed by atoms with Crippen molar-refractivity contribution in [3.63, 3.8) is 0 Å². The molecule has 3 N–H and O–H groups in total. The summed E-state index contributed by atoms with van der Waals surface area (Å²) >= 11 is 0. The van der Waals surface area contributed by atoms with Gasteiger partial charge in [-0.1, -0.05) is 6.92 Å². The molecule has 4 heteroatoms. The predicted molar refractivity (Wildman–Crippen MR) is 64.0 cm³/mol. The van der Waals surface area contributed by atoms with Gasteiger partial charge in [-0.3, -0.25) is 9.78 Å². The second kappa shape index (κ2) is 6.95. The zero-order valence-corrected chi connectivity index (χ0v) is 9.65. The zero-order chi connectivity index (χ0) is 11.8. The van der Waals surface area contributed by atoms with Gasteiger partial charge in [0.05, 0.1) is 0 Å². The summed E-state index contributed by atoms with van der Waals surface area (Å²) in [6.07, 6.45) is 5.25. The van der Waals surface area contributed by atoms with Crippen molar-refractivity contribution in [2.24, 2.45) is 11.7 Å². The summed E-state index contributed by atoms with van der Waals surface area (Å²) in [5.41, 5.74) is 6.17. The molecule has 1 unspecified atom stereocenters. The van der Waals surface area contributed by atoms with Crippen molar-refractivity contribution in [2.45, 2.75) is 19.8 Å². The number of amides is 1. The molecule has 1 heterocycles. The molecule has 1 aromatic heterocycles. The van der Waals surface area contributed by atoms with Crippen LogP contribution in [0.1, 0.15) is 30.1 Å². The van der Waals surface area contributed by atoms with Crippen LogP contribution in [0.3, 0.4) is 0 Å². The molecule has 0 aromatic carbocycles. The average molecular weight is 221 g/mol.